The Labute approximate surface area is 639 Å². The molecule has 1 aliphatic carbocycles. The summed E-state index contributed by atoms with van der Waals surface area (Å²) in [5.74, 6) is 23.2. The fraction of sp³-hybridized carbons (Fsp3) is 0.287. The van der Waals surface area contributed by atoms with E-state index in [0.29, 0.717) is 24.1 Å². The summed E-state index contributed by atoms with van der Waals surface area (Å²) in [4.78, 5) is 0. The Kier molecular flexibility index (Phi) is 23.8. The summed E-state index contributed by atoms with van der Waals surface area (Å²) in [6, 6.07) is 76.8. The predicted octanol–water partition coefficient (Wildman–Crippen LogP) is 25.8. The van der Waals surface area contributed by atoms with Crippen molar-refractivity contribution in [1.82, 2.24) is 19.3 Å². The fourth-order valence-corrected chi connectivity index (χ4v) is 16.2. The number of terminal acetylenes is 1. The van der Waals surface area contributed by atoms with Gasteiger partial charge in [-0.3, -0.25) is 0 Å². The summed E-state index contributed by atoms with van der Waals surface area (Å²) in [6.07, 6.45) is 33.0. The van der Waals surface area contributed by atoms with Gasteiger partial charge in [0, 0.05) is 91.5 Å². The Bertz CT molecular complexity index is 5650. The molecule has 0 spiro atoms. The molecule has 13 aromatic rings. The van der Waals surface area contributed by atoms with Gasteiger partial charge in [-0.1, -0.05) is 238 Å². The van der Waals surface area contributed by atoms with Crippen LogP contribution >= 0.6 is 0 Å². The number of aryl methyl sites for hydroxylation is 4. The van der Waals surface area contributed by atoms with Crippen LogP contribution in [0, 0.1) is 73.7 Å². The summed E-state index contributed by atoms with van der Waals surface area (Å²) in [7, 11) is 0. The van der Waals surface area contributed by atoms with Crippen molar-refractivity contribution < 1.29 is 13.9 Å². The van der Waals surface area contributed by atoms with Gasteiger partial charge < -0.3 is 23.0 Å². The largest absolute Gasteiger partial charge is 0.494 e. The van der Waals surface area contributed by atoms with Crippen LogP contribution in [0.25, 0.3) is 111 Å². The first-order valence-electron chi connectivity index (χ1n) is 39.6. The molecule has 0 amide bonds. The van der Waals surface area contributed by atoms with Crippen molar-refractivity contribution in [3.63, 3.8) is 0 Å². The number of nitrogens with zero attached hydrogens (tertiary/aromatic N) is 4. The van der Waals surface area contributed by atoms with Crippen LogP contribution in [0.15, 0.2) is 211 Å². The molecule has 108 heavy (non-hydrogen) atoms. The lowest BCUT2D eigenvalue weighted by Crippen LogP contribution is -2.28. The molecule has 0 fully saturated rings. The summed E-state index contributed by atoms with van der Waals surface area (Å²) in [6.45, 7) is 13.8. The second-order valence-corrected chi connectivity index (χ2v) is 29.3. The van der Waals surface area contributed by atoms with E-state index in [2.05, 4.69) is 289 Å². The minimum absolute atomic E-state index is 0.467. The monoisotopic (exact) mass is 1410 g/mol. The number of hydrogen-bond acceptors (Lipinski definition) is 5. The lowest BCUT2D eigenvalue weighted by Gasteiger charge is -2.34. The van der Waals surface area contributed by atoms with Gasteiger partial charge in [0.1, 0.15) is 17.6 Å². The molecule has 7 heteroatoms. The predicted molar refractivity (Wildman–Crippen MR) is 450 cm³/mol. The SMILES string of the molecule is C#CC#CC#CC#CC#COc1ccc(C2(c3ccc(OCCCCCCCCCC)cc3)c3cc(-c4ccc(-c5nnc(-c6ccc(C)cc6)o5)cc4)ccc3-c3ccc(-c4ccc5c(c4)c4cc(-c6ccc7c(c6)c6cc(C)ccc6n7CCCCCCCC)ccc4n5CCCCCCCC)cc32)cc1. The number of hydrogen-bond donors (Lipinski definition) is 0. The lowest BCUT2D eigenvalue weighted by atomic mass is 9.67. The number of rotatable bonds is 32. The molecule has 0 N–H and O–H groups in total. The van der Waals surface area contributed by atoms with E-state index in [1.165, 1.54) is 186 Å². The van der Waals surface area contributed by atoms with Crippen molar-refractivity contribution in [2.45, 2.75) is 182 Å². The van der Waals surface area contributed by atoms with Crippen molar-refractivity contribution in [3.8, 4) is 139 Å². The zero-order valence-corrected chi connectivity index (χ0v) is 63.5. The zero-order chi connectivity index (χ0) is 74.0. The highest BCUT2D eigenvalue weighted by molar-refractivity contribution is 6.12. The van der Waals surface area contributed by atoms with E-state index < -0.39 is 5.41 Å². The molecule has 0 saturated heterocycles. The molecule has 0 aliphatic heterocycles. The van der Waals surface area contributed by atoms with Crippen LogP contribution < -0.4 is 9.47 Å². The Morgan fingerprint density at radius 3 is 1.21 bits per heavy atom. The molecule has 10 aromatic carbocycles. The first-order valence-corrected chi connectivity index (χ1v) is 39.6. The van der Waals surface area contributed by atoms with Gasteiger partial charge in [0.2, 0.25) is 11.8 Å². The van der Waals surface area contributed by atoms with Crippen molar-refractivity contribution in [2.24, 2.45) is 0 Å². The van der Waals surface area contributed by atoms with Crippen LogP contribution in [0.1, 0.15) is 183 Å². The molecule has 3 heterocycles. The van der Waals surface area contributed by atoms with Gasteiger partial charge in [-0.25, -0.2) is 0 Å². The van der Waals surface area contributed by atoms with Crippen molar-refractivity contribution in [1.29, 1.82) is 0 Å². The van der Waals surface area contributed by atoms with Gasteiger partial charge in [0.25, 0.3) is 0 Å². The van der Waals surface area contributed by atoms with Crippen LogP contribution in [0.2, 0.25) is 0 Å². The average Bonchev–Trinajstić information content (AvgIpc) is 1.53. The topological polar surface area (TPSA) is 67.2 Å². The molecule has 7 nitrogen and oxygen atoms in total. The van der Waals surface area contributed by atoms with Crippen LogP contribution in [-0.2, 0) is 18.5 Å². The number of unbranched alkanes of at least 4 members (excludes halogenated alkanes) is 17. The maximum Gasteiger partial charge on any atom is 0.248 e. The van der Waals surface area contributed by atoms with E-state index in [1.807, 2.05) is 24.3 Å². The molecular weight excluding hydrogens is 1320 g/mol. The quantitative estimate of drug-likeness (QED) is 0.0310. The van der Waals surface area contributed by atoms with Crippen LogP contribution in [0.5, 0.6) is 11.5 Å². The second-order valence-electron chi connectivity index (χ2n) is 29.3. The smallest absolute Gasteiger partial charge is 0.248 e. The van der Waals surface area contributed by atoms with Gasteiger partial charge >= 0.3 is 0 Å². The standard InChI is InChI=1S/C101H96N4O3/c1-7-11-15-19-23-25-29-33-65-106-85-53-49-83(50-54-85)101(84-51-55-86(56-52-84)107-66-34-30-26-24-20-16-12-8-2)93-71-81(75-40-42-77(43-41-75)100-103-102-99(108-100)76-38-35-73(5)36-39-76)44-57-87(93)88-58-45-82(72-94(88)101)80-48-62-98-92(70-80)91-69-79(47-61-97(91)105(98)64-32-28-22-18-14-10-4)78-46-60-96-90(68-78)89-67-74(6)37-59-95(89)104(96)63-31-27-21-17-13-9-3/h1,35-62,67-72H,8-10,12-14,16-18,20-22,24,26-28,30-32,34,63-64,66H2,2-6H3. The summed E-state index contributed by atoms with van der Waals surface area (Å²) >= 11 is 0. The highest BCUT2D eigenvalue weighted by Crippen LogP contribution is 2.58. The molecule has 1 unspecified atom stereocenters. The van der Waals surface area contributed by atoms with Crippen molar-refractivity contribution in [2.75, 3.05) is 6.61 Å². The molecule has 0 bridgehead atoms. The highest BCUT2D eigenvalue weighted by Gasteiger charge is 2.47. The Morgan fingerprint density at radius 2 is 0.722 bits per heavy atom. The van der Waals surface area contributed by atoms with E-state index in [0.717, 1.165) is 93.7 Å². The second kappa shape index (κ2) is 35.2. The van der Waals surface area contributed by atoms with Gasteiger partial charge in [0.15, 0.2) is 0 Å². The minimum atomic E-state index is -0.841. The Hall–Kier alpha value is -11.7. The molecule has 1 atom stereocenters. The van der Waals surface area contributed by atoms with E-state index in [-0.39, 0.29) is 0 Å². The van der Waals surface area contributed by atoms with Crippen LogP contribution in [0.4, 0.5) is 0 Å². The van der Waals surface area contributed by atoms with Gasteiger partial charge in [0.05, 0.1) is 12.0 Å². The van der Waals surface area contributed by atoms with E-state index in [4.69, 9.17) is 20.3 Å². The zero-order valence-electron chi connectivity index (χ0n) is 63.5. The van der Waals surface area contributed by atoms with E-state index >= 15 is 0 Å². The molecular formula is C101H96N4O3. The maximum atomic E-state index is 6.59. The van der Waals surface area contributed by atoms with E-state index in [9.17, 15) is 0 Å². The molecule has 0 radical (unpaired) electrons. The average molecular weight is 1410 g/mol. The summed E-state index contributed by atoms with van der Waals surface area (Å²) < 4.78 is 24.1. The lowest BCUT2D eigenvalue weighted by molar-refractivity contribution is 0.304. The Balaban J connectivity index is 0.880. The first kappa shape index (κ1) is 73.2. The van der Waals surface area contributed by atoms with Crippen molar-refractivity contribution in [3.05, 3.63) is 240 Å². The Morgan fingerprint density at radius 1 is 0.352 bits per heavy atom. The first-order chi connectivity index (χ1) is 53.2. The summed E-state index contributed by atoms with van der Waals surface area (Å²) in [5, 5.41) is 14.1. The number of fused-ring (bicyclic) bond motifs is 9. The molecule has 538 valence electrons. The third kappa shape index (κ3) is 16.2. The maximum absolute atomic E-state index is 6.59. The van der Waals surface area contributed by atoms with Crippen molar-refractivity contribution >= 4 is 43.6 Å². The minimum Gasteiger partial charge on any atom is -0.494 e. The summed E-state index contributed by atoms with van der Waals surface area (Å²) in [5.41, 5.74) is 22.3. The highest BCUT2D eigenvalue weighted by atomic mass is 16.5. The molecule has 1 aliphatic rings. The van der Waals surface area contributed by atoms with Gasteiger partial charge in [-0.05, 0) is 233 Å². The normalized spacial score (nSPS) is 12.7. The third-order valence-electron chi connectivity index (χ3n) is 21.9. The molecule has 0 saturated carbocycles. The molecule has 3 aromatic heterocycles. The fourth-order valence-electron chi connectivity index (χ4n) is 16.2. The van der Waals surface area contributed by atoms with Gasteiger partial charge in [-0.15, -0.1) is 16.6 Å². The number of benzene rings is 10. The molecule has 14 rings (SSSR count). The number of ether oxygens (including phenoxy) is 2. The van der Waals surface area contributed by atoms with E-state index in [1.54, 1.807) is 0 Å². The van der Waals surface area contributed by atoms with Crippen LogP contribution in [0.3, 0.4) is 0 Å². The third-order valence-corrected chi connectivity index (χ3v) is 21.9. The van der Waals surface area contributed by atoms with Crippen LogP contribution in [-0.4, -0.2) is 25.9 Å². The number of aromatic nitrogens is 4. The van der Waals surface area contributed by atoms with Gasteiger partial charge in [-0.2, -0.15) is 0 Å².